The fourth-order valence-electron chi connectivity index (χ4n) is 4.37. The van der Waals surface area contributed by atoms with Crippen LogP contribution in [0.4, 0.5) is 4.39 Å². The molecule has 1 saturated heterocycles. The molecular weight excluding hydrogens is 433 g/mol. The summed E-state index contributed by atoms with van der Waals surface area (Å²) in [5.74, 6) is -0.361. The van der Waals surface area contributed by atoms with Crippen LogP contribution in [0.2, 0.25) is 0 Å². The van der Waals surface area contributed by atoms with Gasteiger partial charge in [0, 0.05) is 51.7 Å². The highest BCUT2D eigenvalue weighted by Crippen LogP contribution is 2.24. The van der Waals surface area contributed by atoms with E-state index in [-0.39, 0.29) is 17.3 Å². The Morgan fingerprint density at radius 2 is 1.68 bits per heavy atom. The first kappa shape index (κ1) is 22.0. The minimum absolute atomic E-state index is 0.119. The number of aromatic nitrogens is 3. The number of fused-ring (bicyclic) bond motifs is 1. The predicted molar refractivity (Wildman–Crippen MR) is 128 cm³/mol. The van der Waals surface area contributed by atoms with Crippen LogP contribution in [0.15, 0.2) is 71.8 Å². The van der Waals surface area contributed by atoms with Crippen molar-refractivity contribution in [2.24, 2.45) is 0 Å². The number of hydrogen-bond acceptors (Lipinski definition) is 4. The summed E-state index contributed by atoms with van der Waals surface area (Å²) in [7, 11) is 0. The standard InChI is InChI=1S/C26H26FN5O2/c1-2-29-17-22(24-23(18-29)26(34)32(28-24)21-6-4-3-5-7-21)25(33)31-14-12-30(13-15-31)16-19-8-10-20(27)11-9-19/h3-11,17-18H,2,12-16H2,1H3. The second-order valence-electron chi connectivity index (χ2n) is 8.51. The van der Waals surface area contributed by atoms with E-state index in [1.165, 1.54) is 16.8 Å². The van der Waals surface area contributed by atoms with E-state index in [1.54, 1.807) is 24.5 Å². The molecule has 7 nitrogen and oxygen atoms in total. The van der Waals surface area contributed by atoms with E-state index in [0.29, 0.717) is 42.1 Å². The van der Waals surface area contributed by atoms with Crippen LogP contribution in [-0.2, 0) is 13.1 Å². The van der Waals surface area contributed by atoms with Crippen LogP contribution >= 0.6 is 0 Å². The molecule has 174 valence electrons. The molecule has 2 aromatic carbocycles. The van der Waals surface area contributed by atoms with E-state index in [2.05, 4.69) is 10.00 Å². The van der Waals surface area contributed by atoms with Gasteiger partial charge in [-0.15, -0.1) is 0 Å². The molecule has 0 aliphatic carbocycles. The fourth-order valence-corrected chi connectivity index (χ4v) is 4.37. The van der Waals surface area contributed by atoms with Gasteiger partial charge in [0.05, 0.1) is 16.8 Å². The third-order valence-corrected chi connectivity index (χ3v) is 6.30. The van der Waals surface area contributed by atoms with Gasteiger partial charge in [-0.05, 0) is 36.8 Å². The molecule has 3 aliphatic rings. The molecule has 3 heterocycles. The largest absolute Gasteiger partial charge is 0.353 e. The van der Waals surface area contributed by atoms with Gasteiger partial charge in [0.15, 0.2) is 0 Å². The van der Waals surface area contributed by atoms with Gasteiger partial charge in [-0.2, -0.15) is 9.78 Å². The second-order valence-corrected chi connectivity index (χ2v) is 8.51. The maximum atomic E-state index is 13.5. The number of halogens is 1. The Morgan fingerprint density at radius 1 is 0.971 bits per heavy atom. The maximum absolute atomic E-state index is 13.5. The van der Waals surface area contributed by atoms with Gasteiger partial charge in [0.2, 0.25) is 0 Å². The van der Waals surface area contributed by atoms with Crippen molar-refractivity contribution in [2.45, 2.75) is 20.0 Å². The number of rotatable bonds is 5. The van der Waals surface area contributed by atoms with E-state index in [1.807, 2.05) is 46.7 Å². The third kappa shape index (κ3) is 4.24. The lowest BCUT2D eigenvalue weighted by Crippen LogP contribution is -2.48. The molecule has 34 heavy (non-hydrogen) atoms. The normalized spacial score (nSPS) is 14.6. The lowest BCUT2D eigenvalue weighted by molar-refractivity contribution is 0.0628. The monoisotopic (exact) mass is 459 g/mol. The number of para-hydroxylation sites is 1. The SMILES string of the molecule is CCn1cc(C(=O)N2CCN(Cc3ccc(F)cc3)CC2)c2nn(-c3ccccc3)c(=O)c-2c1. The molecular formula is C26H26FN5O2. The quantitative estimate of drug-likeness (QED) is 0.460. The third-order valence-electron chi connectivity index (χ3n) is 6.30. The minimum atomic E-state index is -0.242. The molecule has 1 amide bonds. The summed E-state index contributed by atoms with van der Waals surface area (Å²) in [6, 6.07) is 15.8. The number of carbonyl (C=O) groups is 1. The number of amides is 1. The smallest absolute Gasteiger partial charge is 0.282 e. The van der Waals surface area contributed by atoms with Crippen molar-refractivity contribution in [2.75, 3.05) is 26.2 Å². The number of hydrogen-bond donors (Lipinski definition) is 0. The molecule has 5 rings (SSSR count). The van der Waals surface area contributed by atoms with E-state index < -0.39 is 0 Å². The number of benzene rings is 2. The fraction of sp³-hybridized carbons (Fsp3) is 0.269. The van der Waals surface area contributed by atoms with Gasteiger partial charge in [-0.25, -0.2) is 4.39 Å². The first-order chi connectivity index (χ1) is 16.5. The van der Waals surface area contributed by atoms with E-state index in [9.17, 15) is 14.0 Å². The number of piperazine rings is 1. The van der Waals surface area contributed by atoms with E-state index in [0.717, 1.165) is 25.2 Å². The molecule has 3 aliphatic heterocycles. The molecule has 2 aromatic rings. The van der Waals surface area contributed by atoms with Crippen LogP contribution in [0.1, 0.15) is 22.8 Å². The Labute approximate surface area is 197 Å². The molecule has 0 spiro atoms. The van der Waals surface area contributed by atoms with Crippen LogP contribution in [0.5, 0.6) is 0 Å². The average Bonchev–Trinajstić information content (AvgIpc) is 3.21. The minimum Gasteiger partial charge on any atom is -0.353 e. The van der Waals surface area contributed by atoms with E-state index in [4.69, 9.17) is 0 Å². The lowest BCUT2D eigenvalue weighted by Gasteiger charge is -2.35. The highest BCUT2D eigenvalue weighted by atomic mass is 19.1. The summed E-state index contributed by atoms with van der Waals surface area (Å²) in [5.41, 5.74) is 2.79. The molecule has 0 saturated carbocycles. The van der Waals surface area contributed by atoms with Gasteiger partial charge in [0.25, 0.3) is 11.5 Å². The zero-order chi connectivity index (χ0) is 23.7. The van der Waals surface area contributed by atoms with Gasteiger partial charge in [-0.3, -0.25) is 14.5 Å². The summed E-state index contributed by atoms with van der Waals surface area (Å²) in [6.45, 7) is 5.92. The molecule has 8 heteroatoms. The van der Waals surface area contributed by atoms with Crippen LogP contribution < -0.4 is 5.56 Å². The maximum Gasteiger partial charge on any atom is 0.282 e. The van der Waals surface area contributed by atoms with Gasteiger partial charge >= 0.3 is 0 Å². The molecule has 0 radical (unpaired) electrons. The second kappa shape index (κ2) is 9.23. The summed E-state index contributed by atoms with van der Waals surface area (Å²) >= 11 is 0. The molecule has 0 unspecified atom stereocenters. The van der Waals surface area contributed by atoms with Crippen molar-refractivity contribution in [3.8, 4) is 16.9 Å². The van der Waals surface area contributed by atoms with Crippen LogP contribution in [0.3, 0.4) is 0 Å². The highest BCUT2D eigenvalue weighted by molar-refractivity contribution is 6.00. The molecule has 0 atom stereocenters. The van der Waals surface area contributed by atoms with Crippen molar-refractivity contribution >= 4 is 5.91 Å². The highest BCUT2D eigenvalue weighted by Gasteiger charge is 2.29. The lowest BCUT2D eigenvalue weighted by atomic mass is 10.1. The van der Waals surface area contributed by atoms with Crippen molar-refractivity contribution in [1.82, 2.24) is 24.1 Å². The summed E-state index contributed by atoms with van der Waals surface area (Å²) in [6.07, 6.45) is 3.55. The Hall–Kier alpha value is -3.78. The zero-order valence-corrected chi connectivity index (χ0v) is 19.0. The number of carbonyl (C=O) groups excluding carboxylic acids is 1. The number of pyridine rings is 1. The van der Waals surface area contributed by atoms with Crippen molar-refractivity contribution in [3.05, 3.63) is 94.3 Å². The Balaban J connectivity index is 1.38. The Kier molecular flexibility index (Phi) is 5.98. The Bertz CT molecular complexity index is 1320. The van der Waals surface area contributed by atoms with E-state index >= 15 is 0 Å². The zero-order valence-electron chi connectivity index (χ0n) is 19.0. The number of aryl methyl sites for hydroxylation is 1. The number of nitrogens with zero attached hydrogens (tertiary/aromatic N) is 5. The Morgan fingerprint density at radius 3 is 2.35 bits per heavy atom. The first-order valence-electron chi connectivity index (χ1n) is 11.5. The molecule has 0 bridgehead atoms. The summed E-state index contributed by atoms with van der Waals surface area (Å²) in [4.78, 5) is 30.7. The van der Waals surface area contributed by atoms with Gasteiger partial charge in [-0.1, -0.05) is 30.3 Å². The van der Waals surface area contributed by atoms with Crippen LogP contribution in [0, 0.1) is 5.82 Å². The van der Waals surface area contributed by atoms with Gasteiger partial charge < -0.3 is 9.47 Å². The van der Waals surface area contributed by atoms with Crippen molar-refractivity contribution < 1.29 is 9.18 Å². The topological polar surface area (TPSA) is 63.4 Å². The van der Waals surface area contributed by atoms with Crippen LogP contribution in [-0.4, -0.2) is 56.2 Å². The summed E-state index contributed by atoms with van der Waals surface area (Å²) in [5, 5.41) is 4.55. The predicted octanol–water partition coefficient (Wildman–Crippen LogP) is 3.26. The van der Waals surface area contributed by atoms with Crippen molar-refractivity contribution in [3.63, 3.8) is 0 Å². The van der Waals surface area contributed by atoms with Crippen molar-refractivity contribution in [1.29, 1.82) is 0 Å². The first-order valence-corrected chi connectivity index (χ1v) is 11.5. The molecule has 0 N–H and O–H groups in total. The molecule has 1 fully saturated rings. The average molecular weight is 460 g/mol. The summed E-state index contributed by atoms with van der Waals surface area (Å²) < 4.78 is 16.4. The molecule has 0 aromatic heterocycles. The van der Waals surface area contributed by atoms with Crippen LogP contribution in [0.25, 0.3) is 16.9 Å². The van der Waals surface area contributed by atoms with Gasteiger partial charge in [0.1, 0.15) is 11.5 Å².